The van der Waals surface area contributed by atoms with Crippen molar-refractivity contribution in [2.45, 2.75) is 61.8 Å². The molecule has 0 atom stereocenters. The summed E-state index contributed by atoms with van der Waals surface area (Å²) in [6.45, 7) is 18.6. The van der Waals surface area contributed by atoms with Crippen LogP contribution in [0.2, 0.25) is 0 Å². The first-order chi connectivity index (χ1) is 15.2. The van der Waals surface area contributed by atoms with Gasteiger partial charge in [-0.05, 0) is 38.0 Å². The SMILES string of the molecule is CC.CC.CC.CC=N/C(=C\C)CN1CCc2ccc(NC(=O)COCCOC)cc21. The first-order valence-corrected chi connectivity index (χ1v) is 11.6. The monoisotopic (exact) mass is 435 g/mol. The van der Waals surface area contributed by atoms with Crippen LogP contribution in [0.1, 0.15) is 61.0 Å². The lowest BCUT2D eigenvalue weighted by Crippen LogP contribution is -2.23. The fourth-order valence-electron chi connectivity index (χ4n) is 2.76. The molecule has 6 heteroatoms. The van der Waals surface area contributed by atoms with Crippen molar-refractivity contribution in [3.8, 4) is 0 Å². The highest BCUT2D eigenvalue weighted by Crippen LogP contribution is 2.31. The number of hydrogen-bond acceptors (Lipinski definition) is 5. The van der Waals surface area contributed by atoms with Crippen molar-refractivity contribution in [2.24, 2.45) is 4.99 Å². The molecule has 1 aliphatic rings. The zero-order valence-electron chi connectivity index (χ0n) is 21.2. The average Bonchev–Trinajstić information content (AvgIpc) is 3.22. The van der Waals surface area contributed by atoms with Crippen LogP contribution in [0.3, 0.4) is 0 Å². The summed E-state index contributed by atoms with van der Waals surface area (Å²) >= 11 is 0. The summed E-state index contributed by atoms with van der Waals surface area (Å²) in [5.41, 5.74) is 4.28. The lowest BCUT2D eigenvalue weighted by atomic mass is 10.1. The van der Waals surface area contributed by atoms with Crippen LogP contribution in [0.4, 0.5) is 11.4 Å². The molecule has 0 radical (unpaired) electrons. The normalized spacial score (nSPS) is 12.0. The van der Waals surface area contributed by atoms with Gasteiger partial charge in [0.25, 0.3) is 0 Å². The molecule has 0 aliphatic carbocycles. The van der Waals surface area contributed by atoms with E-state index in [0.717, 1.165) is 36.6 Å². The molecule has 0 saturated carbocycles. The number of rotatable bonds is 9. The lowest BCUT2D eigenvalue weighted by molar-refractivity contribution is -0.121. The second kappa shape index (κ2) is 21.1. The molecule has 178 valence electrons. The van der Waals surface area contributed by atoms with Crippen molar-refractivity contribution in [1.82, 2.24) is 0 Å². The van der Waals surface area contributed by atoms with Crippen LogP contribution >= 0.6 is 0 Å². The van der Waals surface area contributed by atoms with E-state index in [9.17, 15) is 4.79 Å². The topological polar surface area (TPSA) is 63.2 Å². The Hall–Kier alpha value is -2.18. The standard InChI is InChI=1S/C19H27N3O3.3C2H6/c1-4-16(20-5-2)13-22-9-8-15-6-7-17(12-18(15)22)21-19(23)14-25-11-10-24-3;3*1-2/h4-7,12H,8-11,13-14H2,1-3H3,(H,21,23);3*1-2H3/b16-4-,20-5?;;;. The number of carbonyl (C=O) groups excluding carboxylic acids is 1. The van der Waals surface area contributed by atoms with E-state index in [-0.39, 0.29) is 12.5 Å². The maximum atomic E-state index is 11.9. The number of aliphatic imine (C=N–C) groups is 1. The van der Waals surface area contributed by atoms with Gasteiger partial charge >= 0.3 is 0 Å². The highest BCUT2D eigenvalue weighted by molar-refractivity contribution is 5.92. The van der Waals surface area contributed by atoms with Crippen molar-refractivity contribution in [2.75, 3.05) is 50.2 Å². The molecule has 1 amide bonds. The van der Waals surface area contributed by atoms with Gasteiger partial charge in [0.15, 0.2) is 0 Å². The fraction of sp³-hybridized carbons (Fsp3) is 0.600. The second-order valence-electron chi connectivity index (χ2n) is 5.78. The van der Waals surface area contributed by atoms with E-state index in [4.69, 9.17) is 9.47 Å². The van der Waals surface area contributed by atoms with E-state index in [0.29, 0.717) is 13.2 Å². The van der Waals surface area contributed by atoms with Crippen LogP contribution in [-0.2, 0) is 20.7 Å². The van der Waals surface area contributed by atoms with Gasteiger partial charge in [-0.1, -0.05) is 53.7 Å². The number of nitrogens with zero attached hydrogens (tertiary/aromatic N) is 2. The second-order valence-corrected chi connectivity index (χ2v) is 5.78. The van der Waals surface area contributed by atoms with Gasteiger partial charge < -0.3 is 19.7 Å². The number of benzene rings is 1. The fourth-order valence-corrected chi connectivity index (χ4v) is 2.76. The van der Waals surface area contributed by atoms with Crippen molar-refractivity contribution in [1.29, 1.82) is 0 Å². The highest BCUT2D eigenvalue weighted by atomic mass is 16.5. The van der Waals surface area contributed by atoms with Gasteiger partial charge in [-0.25, -0.2) is 0 Å². The number of ether oxygens (including phenoxy) is 2. The van der Waals surface area contributed by atoms with Gasteiger partial charge in [0.05, 0.1) is 25.5 Å². The Morgan fingerprint density at radius 2 is 1.81 bits per heavy atom. The Balaban J connectivity index is 0. The Labute approximate surface area is 190 Å². The average molecular weight is 436 g/mol. The third-order valence-corrected chi connectivity index (χ3v) is 4.01. The van der Waals surface area contributed by atoms with Crippen LogP contribution in [0.5, 0.6) is 0 Å². The van der Waals surface area contributed by atoms with Crippen LogP contribution < -0.4 is 10.2 Å². The van der Waals surface area contributed by atoms with Crippen molar-refractivity contribution < 1.29 is 14.3 Å². The summed E-state index contributed by atoms with van der Waals surface area (Å²) in [7, 11) is 1.60. The summed E-state index contributed by atoms with van der Waals surface area (Å²) < 4.78 is 10.1. The molecule has 0 aromatic heterocycles. The Morgan fingerprint density at radius 3 is 2.39 bits per heavy atom. The predicted octanol–water partition coefficient (Wildman–Crippen LogP) is 5.72. The van der Waals surface area contributed by atoms with Gasteiger partial charge in [0.2, 0.25) is 5.91 Å². The predicted molar refractivity (Wildman–Crippen MR) is 136 cm³/mol. The molecule has 2 rings (SSSR count). The largest absolute Gasteiger partial charge is 0.382 e. The molecule has 0 spiro atoms. The molecule has 0 fully saturated rings. The molecule has 0 saturated heterocycles. The van der Waals surface area contributed by atoms with E-state index >= 15 is 0 Å². The summed E-state index contributed by atoms with van der Waals surface area (Å²) in [5.74, 6) is -0.162. The van der Waals surface area contributed by atoms with E-state index in [2.05, 4.69) is 21.3 Å². The molecular formula is C25H45N3O3. The first kappa shape index (κ1) is 31.0. The maximum Gasteiger partial charge on any atom is 0.250 e. The summed E-state index contributed by atoms with van der Waals surface area (Å²) in [6.07, 6.45) is 4.85. The van der Waals surface area contributed by atoms with Gasteiger partial charge in [-0.2, -0.15) is 0 Å². The van der Waals surface area contributed by atoms with Crippen LogP contribution in [0.15, 0.2) is 35.0 Å². The Morgan fingerprint density at radius 1 is 1.13 bits per heavy atom. The number of methoxy groups -OCH3 is 1. The number of anilines is 2. The minimum absolute atomic E-state index is 0.0259. The number of allylic oxidation sites excluding steroid dienone is 1. The molecule has 1 N–H and O–H groups in total. The Bertz CT molecular complexity index is 643. The number of carbonyl (C=O) groups is 1. The smallest absolute Gasteiger partial charge is 0.250 e. The van der Waals surface area contributed by atoms with E-state index in [1.165, 1.54) is 5.56 Å². The van der Waals surface area contributed by atoms with Gasteiger partial charge in [-0.15, -0.1) is 0 Å². The van der Waals surface area contributed by atoms with E-state index < -0.39 is 0 Å². The van der Waals surface area contributed by atoms with Crippen molar-refractivity contribution >= 4 is 23.5 Å². The molecule has 1 aromatic rings. The lowest BCUT2D eigenvalue weighted by Gasteiger charge is -2.20. The summed E-state index contributed by atoms with van der Waals surface area (Å²) in [6, 6.07) is 6.05. The number of amides is 1. The summed E-state index contributed by atoms with van der Waals surface area (Å²) in [5, 5.41) is 2.89. The molecule has 1 heterocycles. The molecule has 0 bridgehead atoms. The highest BCUT2D eigenvalue weighted by Gasteiger charge is 2.20. The molecule has 6 nitrogen and oxygen atoms in total. The minimum Gasteiger partial charge on any atom is -0.382 e. The third kappa shape index (κ3) is 12.3. The van der Waals surface area contributed by atoms with E-state index in [1.54, 1.807) is 7.11 Å². The van der Waals surface area contributed by atoms with Crippen molar-refractivity contribution in [3.05, 3.63) is 35.5 Å². The molecule has 1 aromatic carbocycles. The summed E-state index contributed by atoms with van der Waals surface area (Å²) in [4.78, 5) is 18.6. The molecular weight excluding hydrogens is 390 g/mol. The number of hydrogen-bond donors (Lipinski definition) is 1. The quantitative estimate of drug-likeness (QED) is 0.398. The minimum atomic E-state index is -0.162. The molecule has 0 unspecified atom stereocenters. The zero-order chi connectivity index (χ0) is 24.1. The van der Waals surface area contributed by atoms with E-state index in [1.807, 2.05) is 79.8 Å². The molecule has 31 heavy (non-hydrogen) atoms. The van der Waals surface area contributed by atoms with Crippen LogP contribution in [0.25, 0.3) is 0 Å². The van der Waals surface area contributed by atoms with Gasteiger partial charge in [0, 0.05) is 31.2 Å². The van der Waals surface area contributed by atoms with Gasteiger partial charge in [-0.3, -0.25) is 9.79 Å². The maximum absolute atomic E-state index is 11.9. The number of fused-ring (bicyclic) bond motifs is 1. The Kier molecular flexibility index (Phi) is 21.1. The van der Waals surface area contributed by atoms with Crippen LogP contribution in [0, 0.1) is 0 Å². The number of nitrogens with one attached hydrogen (secondary N) is 1. The van der Waals surface area contributed by atoms with Crippen molar-refractivity contribution in [3.63, 3.8) is 0 Å². The zero-order valence-corrected chi connectivity index (χ0v) is 21.2. The third-order valence-electron chi connectivity index (χ3n) is 4.01. The van der Waals surface area contributed by atoms with Crippen LogP contribution in [-0.4, -0.2) is 52.1 Å². The van der Waals surface area contributed by atoms with Gasteiger partial charge in [0.1, 0.15) is 6.61 Å². The first-order valence-electron chi connectivity index (χ1n) is 11.6. The molecule has 1 aliphatic heterocycles.